The van der Waals surface area contributed by atoms with E-state index in [1.807, 2.05) is 0 Å². The van der Waals surface area contributed by atoms with Crippen molar-refractivity contribution >= 4 is 21.8 Å². The molecule has 9 nitrogen and oxygen atoms in total. The zero-order chi connectivity index (χ0) is 19.1. The minimum absolute atomic E-state index is 0.0323. The number of rotatable bonds is 6. The number of aromatic nitrogens is 2. The maximum atomic E-state index is 12.0. The standard InChI is InChI=1S/C16H20BrN3O6/c17-5-1-4-13(23)18-6-2-3-10-8-20(16(25)19-15(10)24)14-7-11(22)12(9-21)26-14/h8,11-12,14,21-22H,1,4-7,9H2,(H,18,23)(H,19,24,25)/t11-,12+,14+/m0/s1. The Morgan fingerprint density at radius 3 is 2.92 bits per heavy atom. The van der Waals surface area contributed by atoms with Crippen molar-refractivity contribution in [3.63, 3.8) is 0 Å². The number of aliphatic hydroxyl groups excluding tert-OH is 2. The predicted molar refractivity (Wildman–Crippen MR) is 95.9 cm³/mol. The fourth-order valence-corrected chi connectivity index (χ4v) is 2.72. The molecule has 142 valence electrons. The first kappa shape index (κ1) is 20.4. The molecule has 0 aromatic carbocycles. The van der Waals surface area contributed by atoms with Gasteiger partial charge in [0.05, 0.1) is 19.3 Å². The predicted octanol–water partition coefficient (Wildman–Crippen LogP) is -1.18. The van der Waals surface area contributed by atoms with Gasteiger partial charge in [0.2, 0.25) is 5.91 Å². The fourth-order valence-electron chi connectivity index (χ4n) is 2.44. The third-order valence-corrected chi connectivity index (χ3v) is 4.36. The van der Waals surface area contributed by atoms with E-state index in [1.165, 1.54) is 6.20 Å². The molecule has 1 aromatic rings. The lowest BCUT2D eigenvalue weighted by molar-refractivity contribution is -0.120. The average Bonchev–Trinajstić information content (AvgIpc) is 2.98. The lowest BCUT2D eigenvalue weighted by Crippen LogP contribution is -2.33. The molecule has 1 amide bonds. The zero-order valence-corrected chi connectivity index (χ0v) is 15.5. The van der Waals surface area contributed by atoms with Gasteiger partial charge in [-0.15, -0.1) is 0 Å². The highest BCUT2D eigenvalue weighted by atomic mass is 79.9. The van der Waals surface area contributed by atoms with E-state index in [0.29, 0.717) is 12.8 Å². The first-order chi connectivity index (χ1) is 12.5. The number of nitrogens with one attached hydrogen (secondary N) is 2. The second-order valence-electron chi connectivity index (χ2n) is 5.70. The van der Waals surface area contributed by atoms with Crippen molar-refractivity contribution in [1.29, 1.82) is 0 Å². The summed E-state index contributed by atoms with van der Waals surface area (Å²) in [5.41, 5.74) is -1.31. The van der Waals surface area contributed by atoms with Gasteiger partial charge in [-0.2, -0.15) is 0 Å². The molecule has 26 heavy (non-hydrogen) atoms. The monoisotopic (exact) mass is 429 g/mol. The van der Waals surface area contributed by atoms with E-state index in [4.69, 9.17) is 9.84 Å². The normalized spacial score (nSPS) is 21.9. The Balaban J connectivity index is 2.09. The van der Waals surface area contributed by atoms with Crippen molar-refractivity contribution in [2.45, 2.75) is 37.7 Å². The summed E-state index contributed by atoms with van der Waals surface area (Å²) < 4.78 is 6.53. The highest BCUT2D eigenvalue weighted by Crippen LogP contribution is 2.27. The average molecular weight is 430 g/mol. The number of ether oxygens (including phenoxy) is 1. The van der Waals surface area contributed by atoms with E-state index >= 15 is 0 Å². The summed E-state index contributed by atoms with van der Waals surface area (Å²) >= 11 is 3.24. The smallest absolute Gasteiger partial charge is 0.330 e. The van der Waals surface area contributed by atoms with Gasteiger partial charge in [-0.05, 0) is 6.42 Å². The van der Waals surface area contributed by atoms with Gasteiger partial charge < -0.3 is 20.3 Å². The fraction of sp³-hybridized carbons (Fsp3) is 0.562. The summed E-state index contributed by atoms with van der Waals surface area (Å²) in [5.74, 6) is 5.13. The van der Waals surface area contributed by atoms with E-state index in [0.717, 1.165) is 9.90 Å². The summed E-state index contributed by atoms with van der Waals surface area (Å²) in [7, 11) is 0. The summed E-state index contributed by atoms with van der Waals surface area (Å²) in [6.07, 6.45) is -0.0594. The SMILES string of the molecule is O=C(CCCBr)NCC#Cc1cn([C@H]2C[C@H](O)[C@@H](CO)O2)c(=O)[nH]c1=O. The van der Waals surface area contributed by atoms with Crippen molar-refractivity contribution in [3.8, 4) is 11.8 Å². The van der Waals surface area contributed by atoms with Crippen LogP contribution in [0.1, 0.15) is 31.1 Å². The number of amides is 1. The maximum absolute atomic E-state index is 12.0. The van der Waals surface area contributed by atoms with Crippen LogP contribution in [-0.2, 0) is 9.53 Å². The molecule has 2 rings (SSSR count). The lowest BCUT2D eigenvalue weighted by atomic mass is 10.2. The number of alkyl halides is 1. The Morgan fingerprint density at radius 1 is 1.50 bits per heavy atom. The topological polar surface area (TPSA) is 134 Å². The summed E-state index contributed by atoms with van der Waals surface area (Å²) in [6.45, 7) is -0.303. The van der Waals surface area contributed by atoms with E-state index in [1.54, 1.807) is 0 Å². The second-order valence-corrected chi connectivity index (χ2v) is 6.49. The summed E-state index contributed by atoms with van der Waals surface area (Å²) in [4.78, 5) is 37.5. The highest BCUT2D eigenvalue weighted by Gasteiger charge is 2.35. The van der Waals surface area contributed by atoms with Gasteiger partial charge in [0.25, 0.3) is 5.56 Å². The molecule has 3 atom stereocenters. The van der Waals surface area contributed by atoms with Gasteiger partial charge in [-0.1, -0.05) is 27.8 Å². The molecule has 0 radical (unpaired) electrons. The van der Waals surface area contributed by atoms with Crippen molar-refractivity contribution < 1.29 is 19.7 Å². The lowest BCUT2D eigenvalue weighted by Gasteiger charge is -2.14. The zero-order valence-electron chi connectivity index (χ0n) is 13.9. The van der Waals surface area contributed by atoms with Crippen LogP contribution >= 0.6 is 15.9 Å². The molecule has 1 aliphatic heterocycles. The van der Waals surface area contributed by atoms with Gasteiger partial charge in [0.15, 0.2) is 0 Å². The molecule has 4 N–H and O–H groups in total. The third kappa shape index (κ3) is 5.28. The van der Waals surface area contributed by atoms with Gasteiger partial charge in [0.1, 0.15) is 17.9 Å². The van der Waals surface area contributed by atoms with Crippen molar-refractivity contribution in [1.82, 2.24) is 14.9 Å². The van der Waals surface area contributed by atoms with Crippen LogP contribution in [0.2, 0.25) is 0 Å². The van der Waals surface area contributed by atoms with E-state index in [-0.39, 0.29) is 31.0 Å². The molecule has 2 heterocycles. The van der Waals surface area contributed by atoms with Crippen LogP contribution in [0, 0.1) is 11.8 Å². The molecule has 10 heteroatoms. The molecular formula is C16H20BrN3O6. The second kappa shape index (κ2) is 9.68. The molecule has 1 aliphatic rings. The Hall–Kier alpha value is -1.93. The maximum Gasteiger partial charge on any atom is 0.330 e. The Labute approximate surface area is 157 Å². The molecular weight excluding hydrogens is 410 g/mol. The van der Waals surface area contributed by atoms with Crippen molar-refractivity contribution in [3.05, 3.63) is 32.6 Å². The quantitative estimate of drug-likeness (QED) is 0.332. The summed E-state index contributed by atoms with van der Waals surface area (Å²) in [5, 5.41) is 22.2. The van der Waals surface area contributed by atoms with Gasteiger partial charge in [-0.25, -0.2) is 4.79 Å². The molecule has 1 saturated heterocycles. The Morgan fingerprint density at radius 2 is 2.27 bits per heavy atom. The molecule has 0 bridgehead atoms. The van der Waals surface area contributed by atoms with Gasteiger partial charge >= 0.3 is 5.69 Å². The van der Waals surface area contributed by atoms with Crippen molar-refractivity contribution in [2.75, 3.05) is 18.5 Å². The Bertz CT molecular complexity index is 809. The number of hydrogen-bond acceptors (Lipinski definition) is 6. The number of aromatic amines is 1. The summed E-state index contributed by atoms with van der Waals surface area (Å²) in [6, 6.07) is 0. The van der Waals surface area contributed by atoms with Crippen LogP contribution in [-0.4, -0.2) is 56.4 Å². The van der Waals surface area contributed by atoms with Crippen LogP contribution in [0.4, 0.5) is 0 Å². The molecule has 0 unspecified atom stereocenters. The van der Waals surface area contributed by atoms with Crippen LogP contribution in [0.5, 0.6) is 0 Å². The van der Waals surface area contributed by atoms with Gasteiger partial charge in [-0.3, -0.25) is 19.1 Å². The number of halogens is 1. The first-order valence-electron chi connectivity index (χ1n) is 8.07. The molecule has 0 aliphatic carbocycles. The van der Waals surface area contributed by atoms with E-state index in [9.17, 15) is 19.5 Å². The number of H-pyrrole nitrogens is 1. The largest absolute Gasteiger partial charge is 0.394 e. The number of nitrogens with zero attached hydrogens (tertiary/aromatic N) is 1. The molecule has 1 aromatic heterocycles. The van der Waals surface area contributed by atoms with Crippen LogP contribution in [0.15, 0.2) is 15.8 Å². The van der Waals surface area contributed by atoms with Crippen LogP contribution in [0.25, 0.3) is 0 Å². The number of hydrogen-bond donors (Lipinski definition) is 4. The first-order valence-corrected chi connectivity index (χ1v) is 9.19. The minimum Gasteiger partial charge on any atom is -0.394 e. The van der Waals surface area contributed by atoms with E-state index in [2.05, 4.69) is 38.1 Å². The van der Waals surface area contributed by atoms with Crippen LogP contribution < -0.4 is 16.6 Å². The number of carbonyl (C=O) groups is 1. The highest BCUT2D eigenvalue weighted by molar-refractivity contribution is 9.09. The Kier molecular flexibility index (Phi) is 7.59. The number of aliphatic hydroxyl groups is 2. The van der Waals surface area contributed by atoms with Gasteiger partial charge in [0, 0.05) is 24.4 Å². The molecule has 1 fully saturated rings. The number of carbonyl (C=O) groups excluding carboxylic acids is 1. The van der Waals surface area contributed by atoms with Crippen LogP contribution in [0.3, 0.4) is 0 Å². The van der Waals surface area contributed by atoms with Crippen molar-refractivity contribution in [2.24, 2.45) is 0 Å². The minimum atomic E-state index is -0.909. The molecule has 0 saturated carbocycles. The molecule has 0 spiro atoms. The van der Waals surface area contributed by atoms with E-state index < -0.39 is 29.7 Å². The third-order valence-electron chi connectivity index (χ3n) is 3.80.